The van der Waals surface area contributed by atoms with Gasteiger partial charge in [-0.25, -0.2) is 8.42 Å². The van der Waals surface area contributed by atoms with Crippen LogP contribution in [0.4, 0.5) is 13.2 Å². The Balaban J connectivity index is 2.19. The lowest BCUT2D eigenvalue weighted by atomic mass is 9.98. The van der Waals surface area contributed by atoms with E-state index in [0.29, 0.717) is 11.1 Å². The van der Waals surface area contributed by atoms with E-state index in [-0.39, 0.29) is 44.5 Å². The Bertz CT molecular complexity index is 809. The molecule has 1 aliphatic carbocycles. The van der Waals surface area contributed by atoms with Crippen LogP contribution in [0.5, 0.6) is 0 Å². The number of ether oxygens (including phenoxy) is 2. The third kappa shape index (κ3) is 2.91. The van der Waals surface area contributed by atoms with Crippen molar-refractivity contribution in [2.45, 2.75) is 41.9 Å². The van der Waals surface area contributed by atoms with Gasteiger partial charge in [0.1, 0.15) is 0 Å². The number of sulfone groups is 1. The smallest absolute Gasteiger partial charge is 0.481 e. The molecule has 1 heterocycles. The van der Waals surface area contributed by atoms with Crippen molar-refractivity contribution in [3.63, 3.8) is 0 Å². The summed E-state index contributed by atoms with van der Waals surface area (Å²) in [5.41, 5.74) is -4.72. The Morgan fingerprint density at radius 1 is 1.24 bits per heavy atom. The Morgan fingerprint density at radius 2 is 1.88 bits per heavy atom. The molecule has 1 aliphatic heterocycles. The maximum atomic E-state index is 13.1. The summed E-state index contributed by atoms with van der Waals surface area (Å²) in [5.74, 6) is -2.57. The zero-order chi connectivity index (χ0) is 18.5. The van der Waals surface area contributed by atoms with Gasteiger partial charge in [0.05, 0.1) is 18.1 Å². The summed E-state index contributed by atoms with van der Waals surface area (Å²) in [4.78, 5) is 9.91. The van der Waals surface area contributed by atoms with Crippen molar-refractivity contribution in [3.05, 3.63) is 28.8 Å². The summed E-state index contributed by atoms with van der Waals surface area (Å²) in [6, 6.07) is 2.12. The van der Waals surface area contributed by atoms with E-state index in [1.165, 1.54) is 6.07 Å². The first-order chi connectivity index (χ1) is 11.6. The summed E-state index contributed by atoms with van der Waals surface area (Å²) in [7, 11) is -5.59. The van der Waals surface area contributed by atoms with Crippen LogP contribution in [0.25, 0.3) is 0 Å². The zero-order valence-corrected chi connectivity index (χ0v) is 13.7. The average Bonchev–Trinajstić information content (AvgIpc) is 3.13. The molecule has 25 heavy (non-hydrogen) atoms. The van der Waals surface area contributed by atoms with E-state index in [1.807, 2.05) is 0 Å². The van der Waals surface area contributed by atoms with Crippen LogP contribution in [0, 0.1) is 0 Å². The number of aryl methyl sites for hydroxylation is 1. The molecule has 0 atom stereocenters. The molecule has 0 aromatic heterocycles. The zero-order valence-electron chi connectivity index (χ0n) is 12.9. The Morgan fingerprint density at radius 3 is 2.44 bits per heavy atom. The minimum atomic E-state index is -5.59. The van der Waals surface area contributed by atoms with Gasteiger partial charge < -0.3 is 14.6 Å². The number of fused-ring (bicyclic) bond motifs is 2. The number of rotatable bonds is 4. The summed E-state index contributed by atoms with van der Waals surface area (Å²) >= 11 is 0. The van der Waals surface area contributed by atoms with Crippen molar-refractivity contribution in [1.82, 2.24) is 0 Å². The van der Waals surface area contributed by atoms with Crippen LogP contribution in [0.1, 0.15) is 29.5 Å². The highest BCUT2D eigenvalue weighted by Gasteiger charge is 2.54. The monoisotopic (exact) mass is 380 g/mol. The van der Waals surface area contributed by atoms with Gasteiger partial charge >= 0.3 is 11.5 Å². The largest absolute Gasteiger partial charge is 0.501 e. The second-order valence-corrected chi connectivity index (χ2v) is 7.78. The number of hydrogen-bond acceptors (Lipinski definition) is 5. The molecule has 3 rings (SSSR count). The maximum Gasteiger partial charge on any atom is 0.501 e. The van der Waals surface area contributed by atoms with Crippen LogP contribution < -0.4 is 0 Å². The maximum absolute atomic E-state index is 13.1. The van der Waals surface area contributed by atoms with Crippen molar-refractivity contribution >= 4 is 15.8 Å². The molecular formula is C15H15F3O6S. The van der Waals surface area contributed by atoms with Crippen LogP contribution in [0.2, 0.25) is 0 Å². The predicted octanol–water partition coefficient (Wildman–Crippen LogP) is 2.14. The molecule has 10 heteroatoms. The number of carbonyl (C=O) groups is 1. The first kappa shape index (κ1) is 18.2. The normalized spacial score (nSPS) is 19.3. The second kappa shape index (κ2) is 5.96. The van der Waals surface area contributed by atoms with Crippen LogP contribution in [-0.2, 0) is 42.7 Å². The van der Waals surface area contributed by atoms with Crippen molar-refractivity contribution in [2.75, 3.05) is 13.2 Å². The fraction of sp³-hybridized carbons (Fsp3) is 0.533. The van der Waals surface area contributed by atoms with Crippen LogP contribution in [0.3, 0.4) is 0 Å². The van der Waals surface area contributed by atoms with E-state index in [0.717, 1.165) is 6.07 Å². The molecule has 0 amide bonds. The van der Waals surface area contributed by atoms with Gasteiger partial charge in [-0.3, -0.25) is 4.79 Å². The van der Waals surface area contributed by atoms with Gasteiger partial charge in [0, 0.05) is 18.4 Å². The SMILES string of the molecule is O=C(O)CCc1ccc(S(=O)(=O)C(F)(F)F)c2c1CCC21OCCO1. The molecule has 0 unspecified atom stereocenters. The molecule has 0 radical (unpaired) electrons. The summed E-state index contributed by atoms with van der Waals surface area (Å²) in [6.07, 6.45) is 0.310. The first-order valence-electron chi connectivity index (χ1n) is 7.55. The van der Waals surface area contributed by atoms with E-state index < -0.39 is 32.0 Å². The van der Waals surface area contributed by atoms with Crippen LogP contribution in [0.15, 0.2) is 17.0 Å². The molecule has 1 spiro atoms. The molecule has 1 aromatic rings. The van der Waals surface area contributed by atoms with Gasteiger partial charge in [0.2, 0.25) is 0 Å². The number of alkyl halides is 3. The lowest BCUT2D eigenvalue weighted by Crippen LogP contribution is -2.30. The van der Waals surface area contributed by atoms with Crippen molar-refractivity contribution < 1.29 is 41.0 Å². The fourth-order valence-corrected chi connectivity index (χ4v) is 4.40. The first-order valence-corrected chi connectivity index (χ1v) is 9.03. The van der Waals surface area contributed by atoms with Gasteiger partial charge in [0.15, 0.2) is 5.79 Å². The van der Waals surface area contributed by atoms with Crippen molar-refractivity contribution in [3.8, 4) is 0 Å². The third-order valence-corrected chi connectivity index (χ3v) is 5.94. The minimum absolute atomic E-state index is 0.0834. The molecule has 1 saturated heterocycles. The van der Waals surface area contributed by atoms with E-state index in [1.54, 1.807) is 0 Å². The number of benzene rings is 1. The van der Waals surface area contributed by atoms with Crippen LogP contribution >= 0.6 is 0 Å². The number of hydrogen-bond donors (Lipinski definition) is 1. The quantitative estimate of drug-likeness (QED) is 0.861. The molecule has 0 saturated carbocycles. The molecule has 1 fully saturated rings. The van der Waals surface area contributed by atoms with Crippen LogP contribution in [-0.4, -0.2) is 38.2 Å². The second-order valence-electron chi connectivity index (χ2n) is 5.87. The highest BCUT2D eigenvalue weighted by atomic mass is 32.2. The Hall–Kier alpha value is -1.65. The Labute approximate surface area is 141 Å². The van der Waals surface area contributed by atoms with E-state index in [9.17, 15) is 26.4 Å². The molecule has 2 aliphatic rings. The number of halogens is 3. The van der Waals surface area contributed by atoms with Gasteiger partial charge in [-0.2, -0.15) is 13.2 Å². The Kier molecular flexibility index (Phi) is 4.33. The van der Waals surface area contributed by atoms with Crippen molar-refractivity contribution in [2.24, 2.45) is 0 Å². The lowest BCUT2D eigenvalue weighted by Gasteiger charge is -2.26. The molecule has 1 aromatic carbocycles. The molecular weight excluding hydrogens is 365 g/mol. The number of aliphatic carboxylic acids is 1. The average molecular weight is 380 g/mol. The van der Waals surface area contributed by atoms with E-state index in [2.05, 4.69) is 0 Å². The summed E-state index contributed by atoms with van der Waals surface area (Å²) < 4.78 is 74.2. The lowest BCUT2D eigenvalue weighted by molar-refractivity contribution is -0.164. The molecule has 0 bridgehead atoms. The molecule has 1 N–H and O–H groups in total. The van der Waals surface area contributed by atoms with Gasteiger partial charge in [0.25, 0.3) is 9.84 Å². The van der Waals surface area contributed by atoms with Gasteiger partial charge in [-0.1, -0.05) is 6.07 Å². The summed E-state index contributed by atoms with van der Waals surface area (Å²) in [6.45, 7) is 0.286. The highest BCUT2D eigenvalue weighted by Crippen LogP contribution is 2.49. The summed E-state index contributed by atoms with van der Waals surface area (Å²) in [5, 5.41) is 8.82. The topological polar surface area (TPSA) is 89.9 Å². The molecule has 6 nitrogen and oxygen atoms in total. The highest BCUT2D eigenvalue weighted by molar-refractivity contribution is 7.92. The van der Waals surface area contributed by atoms with E-state index in [4.69, 9.17) is 14.6 Å². The van der Waals surface area contributed by atoms with Gasteiger partial charge in [-0.05, 0) is 30.0 Å². The standard InChI is InChI=1S/C15H15F3O6S/c16-15(17,18)25(21,22)11-3-1-9(2-4-12(19)20)10-5-6-14(13(10)11)23-7-8-24-14/h1,3H,2,4-8H2,(H,19,20). The minimum Gasteiger partial charge on any atom is -0.481 e. The van der Waals surface area contributed by atoms with E-state index >= 15 is 0 Å². The predicted molar refractivity (Wildman–Crippen MR) is 77.5 cm³/mol. The number of carboxylic acids is 1. The third-order valence-electron chi connectivity index (χ3n) is 4.41. The van der Waals surface area contributed by atoms with Gasteiger partial charge in [-0.15, -0.1) is 0 Å². The van der Waals surface area contributed by atoms with Crippen molar-refractivity contribution in [1.29, 1.82) is 0 Å². The fourth-order valence-electron chi connectivity index (χ4n) is 3.36. The molecule has 138 valence electrons. The number of carboxylic acid groups (broad SMARTS) is 1.